The molecule has 134 valence electrons. The molecule has 0 aliphatic heterocycles. The number of ether oxygens (including phenoxy) is 1. The summed E-state index contributed by atoms with van der Waals surface area (Å²) in [6.07, 6.45) is 0. The van der Waals surface area contributed by atoms with E-state index in [9.17, 15) is 4.79 Å². The van der Waals surface area contributed by atoms with Gasteiger partial charge in [0.25, 0.3) is 5.91 Å². The lowest BCUT2D eigenvalue weighted by Crippen LogP contribution is -2.11. The maximum absolute atomic E-state index is 12.3. The van der Waals surface area contributed by atoms with Crippen LogP contribution < -0.4 is 10.1 Å². The van der Waals surface area contributed by atoms with E-state index < -0.39 is 5.91 Å². The largest absolute Gasteiger partial charge is 0.484 e. The van der Waals surface area contributed by atoms with Gasteiger partial charge in [-0.3, -0.25) is 4.79 Å². The Morgan fingerprint density at radius 3 is 2.38 bits per heavy atom. The number of amides is 1. The van der Waals surface area contributed by atoms with Crippen LogP contribution in [0.1, 0.15) is 16.3 Å². The molecule has 1 aromatic heterocycles. The van der Waals surface area contributed by atoms with Gasteiger partial charge in [-0.2, -0.15) is 0 Å². The number of halogens is 4. The van der Waals surface area contributed by atoms with Crippen LogP contribution in [0.15, 0.2) is 52.9 Å². The van der Waals surface area contributed by atoms with Crippen LogP contribution in [-0.4, -0.2) is 5.91 Å². The molecule has 0 saturated carbocycles. The second kappa shape index (κ2) is 8.23. The Morgan fingerprint density at radius 2 is 1.69 bits per heavy atom. The van der Waals surface area contributed by atoms with E-state index in [4.69, 9.17) is 55.6 Å². The lowest BCUT2D eigenvalue weighted by atomic mass is 10.3. The van der Waals surface area contributed by atoms with Gasteiger partial charge in [-0.05, 0) is 42.5 Å². The summed E-state index contributed by atoms with van der Waals surface area (Å²) in [6.45, 7) is 0.0987. The molecule has 1 N–H and O–H groups in total. The van der Waals surface area contributed by atoms with Crippen LogP contribution in [0.4, 0.5) is 5.69 Å². The van der Waals surface area contributed by atoms with Gasteiger partial charge < -0.3 is 14.5 Å². The Labute approximate surface area is 169 Å². The van der Waals surface area contributed by atoms with Crippen LogP contribution in [0, 0.1) is 0 Å². The molecule has 26 heavy (non-hydrogen) atoms. The first kappa shape index (κ1) is 18.9. The molecule has 3 rings (SSSR count). The molecular formula is C18H11Cl4NO3. The summed E-state index contributed by atoms with van der Waals surface area (Å²) >= 11 is 24.0. The standard InChI is InChI=1S/C18H11Cl4NO3/c19-10-4-6-15(14(22)8-10)25-9-11-5-7-16(26-11)18(24)23-17-12(20)2-1-3-13(17)21/h1-8H,9H2,(H,23,24). The van der Waals surface area contributed by atoms with E-state index in [0.717, 1.165) is 0 Å². The predicted molar refractivity (Wildman–Crippen MR) is 104 cm³/mol. The first-order valence-electron chi connectivity index (χ1n) is 7.36. The number of para-hydroxylation sites is 1. The zero-order chi connectivity index (χ0) is 18.7. The van der Waals surface area contributed by atoms with Crippen molar-refractivity contribution in [1.82, 2.24) is 0 Å². The number of benzene rings is 2. The minimum absolute atomic E-state index is 0.0987. The topological polar surface area (TPSA) is 51.5 Å². The van der Waals surface area contributed by atoms with Crippen molar-refractivity contribution in [2.45, 2.75) is 6.61 Å². The highest BCUT2D eigenvalue weighted by Crippen LogP contribution is 2.31. The van der Waals surface area contributed by atoms with Gasteiger partial charge in [0.05, 0.1) is 20.8 Å². The van der Waals surface area contributed by atoms with Crippen LogP contribution >= 0.6 is 46.4 Å². The number of furan rings is 1. The number of carbonyl (C=O) groups excluding carboxylic acids is 1. The molecule has 0 fully saturated rings. The Kier molecular flexibility index (Phi) is 5.99. The third-order valence-corrected chi connectivity index (χ3v) is 4.51. The van der Waals surface area contributed by atoms with Crippen molar-refractivity contribution in [2.24, 2.45) is 0 Å². The van der Waals surface area contributed by atoms with Crippen molar-refractivity contribution < 1.29 is 13.9 Å². The fourth-order valence-electron chi connectivity index (χ4n) is 2.11. The van der Waals surface area contributed by atoms with E-state index >= 15 is 0 Å². The van der Waals surface area contributed by atoms with Gasteiger partial charge in [0.2, 0.25) is 0 Å². The predicted octanol–water partition coefficient (Wildman–Crippen LogP) is 6.72. The van der Waals surface area contributed by atoms with Crippen molar-refractivity contribution in [3.05, 3.63) is 80.1 Å². The number of carbonyl (C=O) groups is 1. The number of hydrogen-bond donors (Lipinski definition) is 1. The van der Waals surface area contributed by atoms with E-state index in [2.05, 4.69) is 5.32 Å². The molecule has 8 heteroatoms. The van der Waals surface area contributed by atoms with Gasteiger partial charge in [0, 0.05) is 5.02 Å². The summed E-state index contributed by atoms with van der Waals surface area (Å²) in [6, 6.07) is 13.0. The van der Waals surface area contributed by atoms with Crippen LogP contribution in [0.25, 0.3) is 0 Å². The van der Waals surface area contributed by atoms with Crippen molar-refractivity contribution in [3.8, 4) is 5.75 Å². The average molecular weight is 431 g/mol. The molecule has 0 atom stereocenters. The molecule has 0 spiro atoms. The van der Waals surface area contributed by atoms with Crippen molar-refractivity contribution in [3.63, 3.8) is 0 Å². The number of rotatable bonds is 5. The van der Waals surface area contributed by atoms with Gasteiger partial charge in [-0.15, -0.1) is 0 Å². The van der Waals surface area contributed by atoms with Gasteiger partial charge in [-0.25, -0.2) is 0 Å². The van der Waals surface area contributed by atoms with E-state index in [1.54, 1.807) is 42.5 Å². The lowest BCUT2D eigenvalue weighted by molar-refractivity contribution is 0.0992. The molecule has 0 saturated heterocycles. The average Bonchev–Trinajstić information content (AvgIpc) is 3.06. The summed E-state index contributed by atoms with van der Waals surface area (Å²) < 4.78 is 11.1. The smallest absolute Gasteiger partial charge is 0.291 e. The van der Waals surface area contributed by atoms with Gasteiger partial charge in [-0.1, -0.05) is 52.5 Å². The maximum atomic E-state index is 12.3. The number of anilines is 1. The van der Waals surface area contributed by atoms with Crippen LogP contribution in [-0.2, 0) is 6.61 Å². The molecule has 1 amide bonds. The summed E-state index contributed by atoms with van der Waals surface area (Å²) in [5.41, 5.74) is 0.322. The summed E-state index contributed by atoms with van der Waals surface area (Å²) in [5, 5.41) is 4.18. The normalized spacial score (nSPS) is 10.6. The second-order valence-corrected chi connectivity index (χ2v) is 6.84. The third-order valence-electron chi connectivity index (χ3n) is 3.35. The highest BCUT2D eigenvalue weighted by Gasteiger charge is 2.15. The highest BCUT2D eigenvalue weighted by atomic mass is 35.5. The molecule has 0 aliphatic rings. The molecule has 0 radical (unpaired) electrons. The maximum Gasteiger partial charge on any atom is 0.291 e. The molecule has 4 nitrogen and oxygen atoms in total. The van der Waals surface area contributed by atoms with Crippen molar-refractivity contribution >= 4 is 58.0 Å². The second-order valence-electron chi connectivity index (χ2n) is 5.18. The molecular weight excluding hydrogens is 420 g/mol. The Morgan fingerprint density at radius 1 is 0.962 bits per heavy atom. The number of hydrogen-bond acceptors (Lipinski definition) is 3. The zero-order valence-electron chi connectivity index (χ0n) is 13.1. The fraction of sp³-hybridized carbons (Fsp3) is 0.0556. The first-order chi connectivity index (χ1) is 12.4. The molecule has 0 bridgehead atoms. The molecule has 0 unspecified atom stereocenters. The highest BCUT2D eigenvalue weighted by molar-refractivity contribution is 6.40. The van der Waals surface area contributed by atoms with Crippen LogP contribution in [0.2, 0.25) is 20.1 Å². The minimum atomic E-state index is -0.476. The Hall–Kier alpha value is -1.85. The van der Waals surface area contributed by atoms with E-state index in [-0.39, 0.29) is 12.4 Å². The molecule has 2 aromatic carbocycles. The summed E-state index contributed by atoms with van der Waals surface area (Å²) in [5.74, 6) is 0.533. The monoisotopic (exact) mass is 429 g/mol. The van der Waals surface area contributed by atoms with Crippen LogP contribution in [0.5, 0.6) is 5.75 Å². The SMILES string of the molecule is O=C(Nc1c(Cl)cccc1Cl)c1ccc(COc2ccc(Cl)cc2Cl)o1. The van der Waals surface area contributed by atoms with Gasteiger partial charge in [0.15, 0.2) is 5.76 Å². The summed E-state index contributed by atoms with van der Waals surface area (Å²) in [4.78, 5) is 12.3. The lowest BCUT2D eigenvalue weighted by Gasteiger charge is -2.08. The quantitative estimate of drug-likeness (QED) is 0.488. The van der Waals surface area contributed by atoms with E-state index in [0.29, 0.717) is 37.3 Å². The van der Waals surface area contributed by atoms with Gasteiger partial charge >= 0.3 is 0 Å². The molecule has 3 aromatic rings. The van der Waals surface area contributed by atoms with Crippen molar-refractivity contribution in [2.75, 3.05) is 5.32 Å². The minimum Gasteiger partial charge on any atom is -0.484 e. The van der Waals surface area contributed by atoms with E-state index in [1.807, 2.05) is 0 Å². The first-order valence-corrected chi connectivity index (χ1v) is 8.87. The molecule has 0 aliphatic carbocycles. The Balaban J connectivity index is 1.66. The summed E-state index contributed by atoms with van der Waals surface area (Å²) in [7, 11) is 0. The Bertz CT molecular complexity index is 935. The molecule has 1 heterocycles. The third kappa shape index (κ3) is 4.46. The number of nitrogens with one attached hydrogen (secondary N) is 1. The van der Waals surface area contributed by atoms with Crippen molar-refractivity contribution in [1.29, 1.82) is 0 Å². The van der Waals surface area contributed by atoms with Crippen LogP contribution in [0.3, 0.4) is 0 Å². The van der Waals surface area contributed by atoms with E-state index in [1.165, 1.54) is 6.07 Å². The fourth-order valence-corrected chi connectivity index (χ4v) is 3.07. The zero-order valence-corrected chi connectivity index (χ0v) is 16.1. The van der Waals surface area contributed by atoms with Gasteiger partial charge in [0.1, 0.15) is 18.1 Å².